The van der Waals surface area contributed by atoms with Gasteiger partial charge in [0.15, 0.2) is 0 Å². The molecule has 3 heteroatoms. The molecule has 0 aliphatic heterocycles. The summed E-state index contributed by atoms with van der Waals surface area (Å²) in [5.74, 6) is 0. The molecular formula is C10H11NOS. The van der Waals surface area contributed by atoms with Gasteiger partial charge >= 0.3 is 0 Å². The smallest absolute Gasteiger partial charge is 0.0774 e. The van der Waals surface area contributed by atoms with Gasteiger partial charge in [-0.1, -0.05) is 6.07 Å². The van der Waals surface area contributed by atoms with Crippen molar-refractivity contribution in [3.05, 3.63) is 28.6 Å². The second-order valence-corrected chi connectivity index (χ2v) is 4.22. The van der Waals surface area contributed by atoms with E-state index in [0.29, 0.717) is 0 Å². The highest BCUT2D eigenvalue weighted by Gasteiger charge is 2.05. The van der Waals surface area contributed by atoms with E-state index in [1.165, 1.54) is 10.3 Å². The molecule has 2 rings (SSSR count). The van der Waals surface area contributed by atoms with Gasteiger partial charge < -0.3 is 10.8 Å². The van der Waals surface area contributed by atoms with Crippen LogP contribution in [0.5, 0.6) is 0 Å². The molecule has 0 saturated carbocycles. The van der Waals surface area contributed by atoms with Crippen molar-refractivity contribution in [2.24, 2.45) is 0 Å². The Morgan fingerprint density at radius 1 is 1.46 bits per heavy atom. The average Bonchev–Trinajstić information content (AvgIpc) is 2.56. The number of nitrogen functional groups attached to an aromatic ring is 1. The van der Waals surface area contributed by atoms with Gasteiger partial charge in [0.25, 0.3) is 0 Å². The average molecular weight is 193 g/mol. The summed E-state index contributed by atoms with van der Waals surface area (Å²) in [5, 5.41) is 10.1. The molecule has 1 aromatic carbocycles. The molecule has 3 N–H and O–H groups in total. The van der Waals surface area contributed by atoms with E-state index in [1.54, 1.807) is 11.3 Å². The summed E-state index contributed by atoms with van der Waals surface area (Å²) in [5.41, 5.74) is 7.82. The molecule has 1 heterocycles. The third-order valence-corrected chi connectivity index (χ3v) is 3.38. The Morgan fingerprint density at radius 3 is 2.85 bits per heavy atom. The van der Waals surface area contributed by atoms with Crippen LogP contribution in [0.15, 0.2) is 18.2 Å². The molecule has 2 aromatic rings. The number of nitrogens with two attached hydrogens (primary N) is 1. The molecule has 0 atom stereocenters. The molecule has 0 fully saturated rings. The van der Waals surface area contributed by atoms with Crippen LogP contribution < -0.4 is 5.73 Å². The van der Waals surface area contributed by atoms with Crippen LogP contribution in [-0.4, -0.2) is 5.11 Å². The summed E-state index contributed by atoms with van der Waals surface area (Å²) in [7, 11) is 0. The van der Waals surface area contributed by atoms with Crippen molar-refractivity contribution < 1.29 is 5.11 Å². The normalized spacial score (nSPS) is 10.9. The van der Waals surface area contributed by atoms with Gasteiger partial charge in [0.05, 0.1) is 6.61 Å². The van der Waals surface area contributed by atoms with Crippen molar-refractivity contribution in [3.8, 4) is 0 Å². The predicted octanol–water partition coefficient (Wildman–Crippen LogP) is 2.28. The van der Waals surface area contributed by atoms with Crippen LogP contribution in [0.2, 0.25) is 0 Å². The van der Waals surface area contributed by atoms with Gasteiger partial charge in [-0.2, -0.15) is 0 Å². The lowest BCUT2D eigenvalue weighted by Crippen LogP contribution is -1.84. The lowest BCUT2D eigenvalue weighted by molar-refractivity contribution is 0.285. The molecule has 0 aliphatic rings. The summed E-state index contributed by atoms with van der Waals surface area (Å²) in [4.78, 5) is 0.969. The topological polar surface area (TPSA) is 46.2 Å². The van der Waals surface area contributed by atoms with E-state index < -0.39 is 0 Å². The zero-order chi connectivity index (χ0) is 9.42. The van der Waals surface area contributed by atoms with E-state index in [1.807, 2.05) is 18.2 Å². The standard InChI is InChI=1S/C10H11NOS/c1-6-2-3-9(11)8-4-7(5-12)13-10(6)8/h2-4,12H,5,11H2,1H3. The van der Waals surface area contributed by atoms with Gasteiger partial charge in [-0.05, 0) is 24.6 Å². The van der Waals surface area contributed by atoms with E-state index in [-0.39, 0.29) is 6.61 Å². The number of benzene rings is 1. The van der Waals surface area contributed by atoms with Crippen molar-refractivity contribution in [2.45, 2.75) is 13.5 Å². The highest BCUT2D eigenvalue weighted by Crippen LogP contribution is 2.32. The fourth-order valence-corrected chi connectivity index (χ4v) is 2.43. The first-order valence-corrected chi connectivity index (χ1v) is 4.92. The number of aliphatic hydroxyl groups is 1. The Balaban J connectivity index is 2.80. The van der Waals surface area contributed by atoms with Gasteiger partial charge in [0, 0.05) is 20.7 Å². The summed E-state index contributed by atoms with van der Waals surface area (Å²) in [6.45, 7) is 2.15. The fraction of sp³-hybridized carbons (Fsp3) is 0.200. The minimum Gasteiger partial charge on any atom is -0.398 e. The van der Waals surface area contributed by atoms with E-state index in [4.69, 9.17) is 10.8 Å². The number of thiophene rings is 1. The Kier molecular flexibility index (Phi) is 1.98. The van der Waals surface area contributed by atoms with E-state index in [2.05, 4.69) is 6.92 Å². The lowest BCUT2D eigenvalue weighted by Gasteiger charge is -1.97. The van der Waals surface area contributed by atoms with Gasteiger partial charge in [-0.25, -0.2) is 0 Å². The minimum atomic E-state index is 0.0955. The maximum atomic E-state index is 8.99. The first-order valence-electron chi connectivity index (χ1n) is 4.10. The summed E-state index contributed by atoms with van der Waals surface area (Å²) < 4.78 is 1.18. The van der Waals surface area contributed by atoms with Crippen molar-refractivity contribution in [1.82, 2.24) is 0 Å². The highest BCUT2D eigenvalue weighted by molar-refractivity contribution is 7.19. The summed E-state index contributed by atoms with van der Waals surface area (Å²) in [6, 6.07) is 5.88. The fourth-order valence-electron chi connectivity index (χ4n) is 1.41. The van der Waals surface area contributed by atoms with Crippen LogP contribution in [0.3, 0.4) is 0 Å². The third-order valence-electron chi connectivity index (χ3n) is 2.12. The Hall–Kier alpha value is -1.06. The quantitative estimate of drug-likeness (QED) is 0.682. The largest absolute Gasteiger partial charge is 0.398 e. The Bertz CT molecular complexity index is 408. The molecule has 0 amide bonds. The molecule has 0 bridgehead atoms. The maximum absolute atomic E-state index is 8.99. The first-order chi connectivity index (χ1) is 6.22. The molecule has 0 aliphatic carbocycles. The second-order valence-electron chi connectivity index (χ2n) is 3.09. The predicted molar refractivity (Wildman–Crippen MR) is 56.9 cm³/mol. The lowest BCUT2D eigenvalue weighted by atomic mass is 10.1. The number of aliphatic hydroxyl groups excluding tert-OH is 1. The van der Waals surface area contributed by atoms with Gasteiger partial charge in [0.1, 0.15) is 0 Å². The zero-order valence-corrected chi connectivity index (χ0v) is 8.19. The molecule has 0 spiro atoms. The number of hydrogen-bond donors (Lipinski definition) is 2. The SMILES string of the molecule is Cc1ccc(N)c2cc(CO)sc12. The number of rotatable bonds is 1. The molecule has 0 unspecified atom stereocenters. The highest BCUT2D eigenvalue weighted by atomic mass is 32.1. The molecule has 1 aromatic heterocycles. The summed E-state index contributed by atoms with van der Waals surface area (Å²) in [6.07, 6.45) is 0. The zero-order valence-electron chi connectivity index (χ0n) is 7.37. The van der Waals surface area contributed by atoms with Crippen LogP contribution in [0.1, 0.15) is 10.4 Å². The Morgan fingerprint density at radius 2 is 2.23 bits per heavy atom. The van der Waals surface area contributed by atoms with E-state index in [0.717, 1.165) is 16.0 Å². The Labute approximate surface area is 80.6 Å². The first kappa shape index (κ1) is 8.53. The number of aryl methyl sites for hydroxylation is 1. The monoisotopic (exact) mass is 193 g/mol. The van der Waals surface area contributed by atoms with E-state index in [9.17, 15) is 0 Å². The van der Waals surface area contributed by atoms with Gasteiger partial charge in [-0.15, -0.1) is 11.3 Å². The van der Waals surface area contributed by atoms with Gasteiger partial charge in [-0.3, -0.25) is 0 Å². The number of fused-ring (bicyclic) bond motifs is 1. The van der Waals surface area contributed by atoms with Crippen molar-refractivity contribution in [3.63, 3.8) is 0 Å². The minimum absolute atomic E-state index is 0.0955. The van der Waals surface area contributed by atoms with E-state index >= 15 is 0 Å². The maximum Gasteiger partial charge on any atom is 0.0774 e. The van der Waals surface area contributed by atoms with Crippen LogP contribution in [-0.2, 0) is 6.61 Å². The number of hydrogen-bond acceptors (Lipinski definition) is 3. The van der Waals surface area contributed by atoms with Crippen molar-refractivity contribution >= 4 is 27.1 Å². The second kappa shape index (κ2) is 3.01. The third kappa shape index (κ3) is 1.30. The molecular weight excluding hydrogens is 182 g/mol. The summed E-state index contributed by atoms with van der Waals surface area (Å²) >= 11 is 1.61. The molecule has 13 heavy (non-hydrogen) atoms. The van der Waals surface area contributed by atoms with Crippen LogP contribution in [0.4, 0.5) is 5.69 Å². The van der Waals surface area contributed by atoms with Crippen LogP contribution in [0, 0.1) is 6.92 Å². The van der Waals surface area contributed by atoms with Crippen molar-refractivity contribution in [1.29, 1.82) is 0 Å². The van der Waals surface area contributed by atoms with Crippen LogP contribution >= 0.6 is 11.3 Å². The molecule has 0 saturated heterocycles. The molecule has 0 radical (unpaired) electrons. The van der Waals surface area contributed by atoms with Crippen LogP contribution in [0.25, 0.3) is 10.1 Å². The molecule has 2 nitrogen and oxygen atoms in total. The van der Waals surface area contributed by atoms with Gasteiger partial charge in [0.2, 0.25) is 0 Å². The van der Waals surface area contributed by atoms with Crippen molar-refractivity contribution in [2.75, 3.05) is 5.73 Å². The number of anilines is 1. The molecule has 68 valence electrons.